The summed E-state index contributed by atoms with van der Waals surface area (Å²) in [6.07, 6.45) is 0.919. The Morgan fingerprint density at radius 3 is 2.48 bits per heavy atom. The summed E-state index contributed by atoms with van der Waals surface area (Å²) in [4.78, 5) is 8.40. The second kappa shape index (κ2) is 7.64. The highest BCUT2D eigenvalue weighted by atomic mass is 79.9. The Balaban J connectivity index is 1.76. The van der Waals surface area contributed by atoms with E-state index in [2.05, 4.69) is 48.3 Å². The molecule has 0 amide bonds. The quantitative estimate of drug-likeness (QED) is 0.630. The van der Waals surface area contributed by atoms with E-state index in [9.17, 15) is 8.78 Å². The molecule has 1 unspecified atom stereocenters. The van der Waals surface area contributed by atoms with Crippen molar-refractivity contribution in [3.63, 3.8) is 0 Å². The zero-order chi connectivity index (χ0) is 17.8. The Morgan fingerprint density at radius 1 is 1.16 bits per heavy atom. The summed E-state index contributed by atoms with van der Waals surface area (Å²) in [6, 6.07) is 7.92. The summed E-state index contributed by atoms with van der Waals surface area (Å²) in [7, 11) is 0. The first-order valence-corrected chi connectivity index (χ1v) is 8.32. The zero-order valence-electron chi connectivity index (χ0n) is 13.2. The molecule has 1 aromatic carbocycles. The number of nitrogens with one attached hydrogen (secondary N) is 1. The fourth-order valence-electron chi connectivity index (χ4n) is 2.27. The maximum Gasteiger partial charge on any atom is 0.314 e. The molecule has 9 heteroatoms. The molecule has 25 heavy (non-hydrogen) atoms. The van der Waals surface area contributed by atoms with Crippen molar-refractivity contribution in [2.45, 2.75) is 25.8 Å². The van der Waals surface area contributed by atoms with Gasteiger partial charge >= 0.3 is 6.43 Å². The fraction of sp³-hybridized carbons (Fsp3) is 0.250. The second-order valence-corrected chi connectivity index (χ2v) is 6.02. The minimum atomic E-state index is -2.81. The first-order chi connectivity index (χ1) is 12.1. The van der Waals surface area contributed by atoms with Crippen LogP contribution in [0.15, 0.2) is 45.5 Å². The average molecular weight is 410 g/mol. The molecule has 0 aliphatic heterocycles. The molecule has 1 atom stereocenters. The monoisotopic (exact) mass is 409 g/mol. The predicted octanol–water partition coefficient (Wildman–Crippen LogP) is 4.79. The number of hydrogen-bond donors (Lipinski definition) is 1. The third-order valence-corrected chi connectivity index (χ3v) is 4.24. The largest absolute Gasteiger partial charge is 0.415 e. The van der Waals surface area contributed by atoms with E-state index < -0.39 is 12.3 Å². The van der Waals surface area contributed by atoms with Crippen molar-refractivity contribution in [1.29, 1.82) is 0 Å². The molecule has 3 rings (SSSR count). The van der Waals surface area contributed by atoms with Crippen LogP contribution in [0.5, 0.6) is 0 Å². The third kappa shape index (κ3) is 3.98. The lowest BCUT2D eigenvalue weighted by Gasteiger charge is -2.18. The summed E-state index contributed by atoms with van der Waals surface area (Å²) < 4.78 is 30.9. The van der Waals surface area contributed by atoms with Crippen LogP contribution in [-0.2, 0) is 0 Å². The number of hydrogen-bond acceptors (Lipinski definition) is 6. The zero-order valence-corrected chi connectivity index (χ0v) is 14.7. The van der Waals surface area contributed by atoms with Gasteiger partial charge in [-0.05, 0) is 18.1 Å². The molecule has 6 nitrogen and oxygen atoms in total. The fourth-order valence-corrected chi connectivity index (χ4v) is 2.83. The number of nitrogens with zero attached hydrogens (tertiary/aromatic N) is 4. The lowest BCUT2D eigenvalue weighted by atomic mass is 10.1. The molecule has 2 aromatic heterocycles. The SMILES string of the molecule is CCC(Nc1ncc(-c2nnc(C(F)F)o2)cn1)c1ccccc1Br. The van der Waals surface area contributed by atoms with Gasteiger partial charge in [-0.15, -0.1) is 10.2 Å². The van der Waals surface area contributed by atoms with E-state index in [0.29, 0.717) is 11.5 Å². The van der Waals surface area contributed by atoms with Gasteiger partial charge in [0.25, 0.3) is 11.8 Å². The van der Waals surface area contributed by atoms with Gasteiger partial charge in [0.15, 0.2) is 0 Å². The van der Waals surface area contributed by atoms with Gasteiger partial charge in [0.2, 0.25) is 5.95 Å². The van der Waals surface area contributed by atoms with Gasteiger partial charge in [-0.2, -0.15) is 8.78 Å². The van der Waals surface area contributed by atoms with Crippen LogP contribution in [0.1, 0.15) is 37.3 Å². The number of halogens is 3. The van der Waals surface area contributed by atoms with Crippen molar-refractivity contribution in [2.75, 3.05) is 5.32 Å². The van der Waals surface area contributed by atoms with Crippen molar-refractivity contribution >= 4 is 21.9 Å². The van der Waals surface area contributed by atoms with Gasteiger partial charge in [0, 0.05) is 16.9 Å². The van der Waals surface area contributed by atoms with Crippen LogP contribution >= 0.6 is 15.9 Å². The lowest BCUT2D eigenvalue weighted by molar-refractivity contribution is 0.116. The lowest BCUT2D eigenvalue weighted by Crippen LogP contribution is -2.12. The minimum Gasteiger partial charge on any atom is -0.415 e. The summed E-state index contributed by atoms with van der Waals surface area (Å²) in [5, 5.41) is 10.1. The number of alkyl halides is 2. The molecule has 1 N–H and O–H groups in total. The van der Waals surface area contributed by atoms with Crippen LogP contribution in [0.2, 0.25) is 0 Å². The standard InChI is InChI=1S/C16H14BrF2N5O/c1-2-12(10-5-3-4-6-11(10)17)22-16-20-7-9(8-21-16)14-23-24-15(25-14)13(18)19/h3-8,12-13H,2H2,1H3,(H,20,21,22). The molecule has 0 aliphatic carbocycles. The van der Waals surface area contributed by atoms with Crippen LogP contribution in [0.3, 0.4) is 0 Å². The number of benzene rings is 1. The maximum absolute atomic E-state index is 12.5. The highest BCUT2D eigenvalue weighted by Gasteiger charge is 2.18. The van der Waals surface area contributed by atoms with Crippen LogP contribution in [-0.4, -0.2) is 20.2 Å². The molecule has 2 heterocycles. The van der Waals surface area contributed by atoms with E-state index in [1.807, 2.05) is 24.3 Å². The molecule has 0 spiro atoms. The van der Waals surface area contributed by atoms with Crippen molar-refractivity contribution in [1.82, 2.24) is 20.2 Å². The van der Waals surface area contributed by atoms with Crippen molar-refractivity contribution in [2.24, 2.45) is 0 Å². The molecular formula is C16H14BrF2N5O. The maximum atomic E-state index is 12.5. The smallest absolute Gasteiger partial charge is 0.314 e. The highest BCUT2D eigenvalue weighted by Crippen LogP contribution is 2.28. The molecule has 0 bridgehead atoms. The van der Waals surface area contributed by atoms with Crippen LogP contribution < -0.4 is 5.32 Å². The topological polar surface area (TPSA) is 76.7 Å². The molecule has 0 saturated heterocycles. The van der Waals surface area contributed by atoms with Crippen LogP contribution in [0.4, 0.5) is 14.7 Å². The molecule has 0 saturated carbocycles. The van der Waals surface area contributed by atoms with Gasteiger partial charge in [-0.3, -0.25) is 0 Å². The first kappa shape index (κ1) is 17.4. The Hall–Kier alpha value is -2.42. The Bertz CT molecular complexity index is 841. The van der Waals surface area contributed by atoms with Gasteiger partial charge in [0.05, 0.1) is 11.6 Å². The predicted molar refractivity (Wildman–Crippen MR) is 91.1 cm³/mol. The summed E-state index contributed by atoms with van der Waals surface area (Å²) in [5.74, 6) is -0.350. The number of aromatic nitrogens is 4. The van der Waals surface area contributed by atoms with Crippen molar-refractivity contribution in [3.8, 4) is 11.5 Å². The molecule has 0 radical (unpaired) electrons. The Kier molecular flexibility index (Phi) is 5.32. The third-order valence-electron chi connectivity index (χ3n) is 3.52. The van der Waals surface area contributed by atoms with E-state index in [1.54, 1.807) is 0 Å². The van der Waals surface area contributed by atoms with Crippen molar-refractivity contribution in [3.05, 3.63) is 52.6 Å². The minimum absolute atomic E-state index is 0.0234. The molecular weight excluding hydrogens is 396 g/mol. The van der Waals surface area contributed by atoms with E-state index in [-0.39, 0.29) is 11.9 Å². The Labute approximate surface area is 150 Å². The van der Waals surface area contributed by atoms with E-state index in [4.69, 9.17) is 4.42 Å². The van der Waals surface area contributed by atoms with E-state index in [0.717, 1.165) is 16.5 Å². The second-order valence-electron chi connectivity index (χ2n) is 5.17. The van der Waals surface area contributed by atoms with Gasteiger partial charge < -0.3 is 9.73 Å². The Morgan fingerprint density at radius 2 is 1.88 bits per heavy atom. The highest BCUT2D eigenvalue weighted by molar-refractivity contribution is 9.10. The molecule has 0 fully saturated rings. The van der Waals surface area contributed by atoms with Gasteiger partial charge in [-0.25, -0.2) is 9.97 Å². The van der Waals surface area contributed by atoms with E-state index in [1.165, 1.54) is 12.4 Å². The molecule has 130 valence electrons. The number of rotatable bonds is 6. The number of anilines is 1. The van der Waals surface area contributed by atoms with E-state index >= 15 is 0 Å². The van der Waals surface area contributed by atoms with Gasteiger partial charge in [-0.1, -0.05) is 41.1 Å². The molecule has 0 aliphatic rings. The summed E-state index contributed by atoms with van der Waals surface area (Å²) in [5.41, 5.74) is 1.47. The summed E-state index contributed by atoms with van der Waals surface area (Å²) >= 11 is 3.54. The summed E-state index contributed by atoms with van der Waals surface area (Å²) in [6.45, 7) is 2.05. The van der Waals surface area contributed by atoms with Crippen molar-refractivity contribution < 1.29 is 13.2 Å². The normalized spacial score (nSPS) is 12.4. The average Bonchev–Trinajstić information content (AvgIpc) is 3.11. The molecule has 3 aromatic rings. The first-order valence-electron chi connectivity index (χ1n) is 7.53. The van der Waals surface area contributed by atoms with Gasteiger partial charge in [0.1, 0.15) is 0 Å². The van der Waals surface area contributed by atoms with Crippen LogP contribution in [0.25, 0.3) is 11.5 Å². The van der Waals surface area contributed by atoms with Crippen LogP contribution in [0, 0.1) is 0 Å².